The summed E-state index contributed by atoms with van der Waals surface area (Å²) in [7, 11) is 1.38. The van der Waals surface area contributed by atoms with E-state index in [9.17, 15) is 24.3 Å². The quantitative estimate of drug-likeness (QED) is 0.126. The molecule has 0 unspecified atom stereocenters. The maximum absolute atomic E-state index is 12.7. The molecule has 0 aliphatic carbocycles. The molecule has 2 atom stereocenters. The highest BCUT2D eigenvalue weighted by Crippen LogP contribution is 2.18. The van der Waals surface area contributed by atoms with Crippen LogP contribution < -0.4 is 16.0 Å². The molecule has 0 saturated heterocycles. The Morgan fingerprint density at radius 1 is 1.14 bits per heavy atom. The van der Waals surface area contributed by atoms with E-state index < -0.39 is 36.1 Å². The lowest BCUT2D eigenvalue weighted by Gasteiger charge is -2.23. The van der Waals surface area contributed by atoms with Crippen molar-refractivity contribution in [1.29, 1.82) is 0 Å². The lowest BCUT2D eigenvalue weighted by molar-refractivity contribution is -0.128. The summed E-state index contributed by atoms with van der Waals surface area (Å²) in [5, 5.41) is 29.4. The van der Waals surface area contributed by atoms with E-state index in [1.54, 1.807) is 32.0 Å². The Bertz CT molecular complexity index is 963. The van der Waals surface area contributed by atoms with Gasteiger partial charge >= 0.3 is 12.2 Å². The van der Waals surface area contributed by atoms with Gasteiger partial charge in [-0.3, -0.25) is 9.59 Å². The van der Waals surface area contributed by atoms with Crippen LogP contribution in [0.15, 0.2) is 23.3 Å². The van der Waals surface area contributed by atoms with Gasteiger partial charge in [0, 0.05) is 24.2 Å². The molecule has 0 saturated carbocycles. The van der Waals surface area contributed by atoms with Gasteiger partial charge in [-0.25, -0.2) is 9.59 Å². The molecule has 0 aromatic heterocycles. The predicted octanol–water partition coefficient (Wildman–Crippen LogP) is 1.79. The zero-order chi connectivity index (χ0) is 26.5. The van der Waals surface area contributed by atoms with Crippen LogP contribution in [-0.2, 0) is 27.5 Å². The zero-order valence-corrected chi connectivity index (χ0v) is 20.0. The molecule has 4 amide bonds. The summed E-state index contributed by atoms with van der Waals surface area (Å²) >= 11 is 0. The Labute approximate surface area is 202 Å². The van der Waals surface area contributed by atoms with Gasteiger partial charge in [0.25, 0.3) is 0 Å². The van der Waals surface area contributed by atoms with E-state index in [0.717, 1.165) is 4.90 Å². The molecule has 0 heterocycles. The molecule has 1 rings (SSSR count). The maximum atomic E-state index is 12.7. The molecule has 5 N–H and O–H groups in total. The Morgan fingerprint density at radius 3 is 2.40 bits per heavy atom. The van der Waals surface area contributed by atoms with E-state index in [1.165, 1.54) is 14.0 Å². The van der Waals surface area contributed by atoms with E-state index in [1.807, 2.05) is 0 Å². The molecule has 0 fully saturated rings. The lowest BCUT2D eigenvalue weighted by atomic mass is 10.0. The number of carbonyl (C=O) groups is 4. The van der Waals surface area contributed by atoms with Crippen molar-refractivity contribution in [1.82, 2.24) is 15.5 Å². The van der Waals surface area contributed by atoms with Crippen LogP contribution in [0.5, 0.6) is 0 Å². The standard InChI is InChI=1S/C21H31N7O7/c1-12(2)17(26-20(32)35-8-7-23-27-22)19(31)24-13(3)18(30)25-16-6-5-14(11-29)15(9-16)10-28(4)21(33)34/h5-6,9,12-13,17,29H,7-8,10-11H2,1-4H3,(H,24,31)(H,25,30)(H,26,32)(H,33,34)/t13-,17-/m0/s1. The second-order valence-corrected chi connectivity index (χ2v) is 7.96. The predicted molar refractivity (Wildman–Crippen MR) is 125 cm³/mol. The number of carbonyl (C=O) groups excluding carboxylic acids is 3. The molecule has 14 heteroatoms. The number of amides is 4. The molecule has 35 heavy (non-hydrogen) atoms. The van der Waals surface area contributed by atoms with Crippen molar-refractivity contribution in [3.63, 3.8) is 0 Å². The average Bonchev–Trinajstić information content (AvgIpc) is 2.80. The fourth-order valence-electron chi connectivity index (χ4n) is 2.87. The highest BCUT2D eigenvalue weighted by atomic mass is 16.5. The van der Waals surface area contributed by atoms with Gasteiger partial charge in [-0.15, -0.1) is 0 Å². The van der Waals surface area contributed by atoms with Crippen LogP contribution in [-0.4, -0.2) is 71.4 Å². The third kappa shape index (κ3) is 9.78. The molecule has 0 aliphatic rings. The van der Waals surface area contributed by atoms with Crippen molar-refractivity contribution >= 4 is 29.7 Å². The summed E-state index contributed by atoms with van der Waals surface area (Å²) in [6.45, 7) is 4.36. The minimum absolute atomic E-state index is 0.00191. The van der Waals surface area contributed by atoms with Crippen LogP contribution in [0.25, 0.3) is 10.4 Å². The van der Waals surface area contributed by atoms with Crippen LogP contribution >= 0.6 is 0 Å². The number of carboxylic acid groups (broad SMARTS) is 1. The SMILES string of the molecule is CC(C)[C@H](NC(=O)OCCN=[N+]=[N-])C(=O)N[C@@H](C)C(=O)Nc1ccc(CO)c(CN(C)C(=O)O)c1. The molecular formula is C21H31N7O7. The molecule has 192 valence electrons. The van der Waals surface area contributed by atoms with Gasteiger partial charge in [-0.05, 0) is 41.6 Å². The zero-order valence-electron chi connectivity index (χ0n) is 20.0. The van der Waals surface area contributed by atoms with Gasteiger partial charge in [0.2, 0.25) is 11.8 Å². The second kappa shape index (κ2) is 14.3. The first-order valence-corrected chi connectivity index (χ1v) is 10.7. The summed E-state index contributed by atoms with van der Waals surface area (Å²) in [6, 6.07) is 2.69. The summed E-state index contributed by atoms with van der Waals surface area (Å²) in [5.41, 5.74) is 9.59. The molecule has 1 aromatic carbocycles. The number of rotatable bonds is 12. The van der Waals surface area contributed by atoms with Crippen molar-refractivity contribution in [3.05, 3.63) is 39.8 Å². The third-order valence-electron chi connectivity index (χ3n) is 4.84. The Balaban J connectivity index is 2.79. The van der Waals surface area contributed by atoms with Gasteiger partial charge in [0.05, 0.1) is 19.8 Å². The number of hydrogen-bond acceptors (Lipinski definition) is 7. The number of nitrogens with zero attached hydrogens (tertiary/aromatic N) is 4. The molecule has 0 spiro atoms. The summed E-state index contributed by atoms with van der Waals surface area (Å²) in [5.74, 6) is -1.48. The number of anilines is 1. The van der Waals surface area contributed by atoms with Crippen LogP contribution in [0.1, 0.15) is 31.9 Å². The number of azide groups is 1. The minimum Gasteiger partial charge on any atom is -0.465 e. The summed E-state index contributed by atoms with van der Waals surface area (Å²) in [6.07, 6.45) is -2.01. The van der Waals surface area contributed by atoms with Gasteiger partial charge in [0.1, 0.15) is 12.1 Å². The van der Waals surface area contributed by atoms with Crippen molar-refractivity contribution in [2.75, 3.05) is 25.5 Å². The summed E-state index contributed by atoms with van der Waals surface area (Å²) < 4.78 is 4.85. The minimum atomic E-state index is -1.15. The van der Waals surface area contributed by atoms with Crippen molar-refractivity contribution in [3.8, 4) is 0 Å². The Morgan fingerprint density at radius 2 is 1.83 bits per heavy atom. The third-order valence-corrected chi connectivity index (χ3v) is 4.84. The van der Waals surface area contributed by atoms with Gasteiger partial charge < -0.3 is 35.8 Å². The average molecular weight is 494 g/mol. The largest absolute Gasteiger partial charge is 0.465 e. The lowest BCUT2D eigenvalue weighted by Crippen LogP contribution is -2.53. The number of nitrogens with one attached hydrogen (secondary N) is 3. The van der Waals surface area contributed by atoms with Gasteiger partial charge in [-0.1, -0.05) is 25.0 Å². The molecule has 14 nitrogen and oxygen atoms in total. The van der Waals surface area contributed by atoms with Crippen LogP contribution in [0.2, 0.25) is 0 Å². The van der Waals surface area contributed by atoms with E-state index in [2.05, 4.69) is 26.0 Å². The highest BCUT2D eigenvalue weighted by Gasteiger charge is 2.27. The fourth-order valence-corrected chi connectivity index (χ4v) is 2.87. The van der Waals surface area contributed by atoms with Crippen LogP contribution in [0.3, 0.4) is 0 Å². The Kier molecular flexibility index (Phi) is 11.8. The first-order valence-electron chi connectivity index (χ1n) is 10.7. The van der Waals surface area contributed by atoms with Crippen molar-refractivity contribution in [2.24, 2.45) is 11.0 Å². The van der Waals surface area contributed by atoms with Crippen LogP contribution in [0.4, 0.5) is 15.3 Å². The second-order valence-electron chi connectivity index (χ2n) is 7.96. The monoisotopic (exact) mass is 493 g/mol. The van der Waals surface area contributed by atoms with Crippen molar-refractivity contribution in [2.45, 2.75) is 46.0 Å². The van der Waals surface area contributed by atoms with E-state index in [0.29, 0.717) is 16.8 Å². The first-order chi connectivity index (χ1) is 16.5. The Hall–Kier alpha value is -4.03. The summed E-state index contributed by atoms with van der Waals surface area (Å²) in [4.78, 5) is 51.9. The van der Waals surface area contributed by atoms with Crippen molar-refractivity contribution < 1.29 is 34.1 Å². The molecule has 0 bridgehead atoms. The number of aliphatic hydroxyl groups is 1. The van der Waals surface area contributed by atoms with Gasteiger partial charge in [-0.2, -0.15) is 0 Å². The number of aliphatic hydroxyl groups excluding tert-OH is 1. The number of hydrogen-bond donors (Lipinski definition) is 5. The normalized spacial score (nSPS) is 12.1. The number of alkyl carbamates (subject to hydrolysis) is 1. The highest BCUT2D eigenvalue weighted by molar-refractivity contribution is 5.98. The topological polar surface area (TPSA) is 206 Å². The van der Waals surface area contributed by atoms with E-state index >= 15 is 0 Å². The fraction of sp³-hybridized carbons (Fsp3) is 0.524. The molecule has 0 aliphatic heterocycles. The number of benzene rings is 1. The van der Waals surface area contributed by atoms with Gasteiger partial charge in [0.15, 0.2) is 0 Å². The maximum Gasteiger partial charge on any atom is 0.407 e. The van der Waals surface area contributed by atoms with E-state index in [4.69, 9.17) is 15.4 Å². The molecule has 1 aromatic rings. The molecular weight excluding hydrogens is 462 g/mol. The van der Waals surface area contributed by atoms with E-state index in [-0.39, 0.29) is 32.2 Å². The molecule has 0 radical (unpaired) electrons. The van der Waals surface area contributed by atoms with Crippen LogP contribution in [0, 0.1) is 5.92 Å². The number of ether oxygens (including phenoxy) is 1. The first kappa shape index (κ1) is 29.0. The smallest absolute Gasteiger partial charge is 0.407 e.